The molecule has 6 heteroatoms. The summed E-state index contributed by atoms with van der Waals surface area (Å²) in [7, 11) is 0. The maximum atomic E-state index is 10.3. The highest BCUT2D eigenvalue weighted by Gasteiger charge is 2.29. The van der Waals surface area contributed by atoms with Crippen LogP contribution < -0.4 is 9.64 Å². The Bertz CT molecular complexity index is 588. The second kappa shape index (κ2) is 6.79. The summed E-state index contributed by atoms with van der Waals surface area (Å²) in [6.45, 7) is 3.44. The van der Waals surface area contributed by atoms with E-state index in [1.54, 1.807) is 12.3 Å². The van der Waals surface area contributed by atoms with Crippen molar-refractivity contribution in [3.05, 3.63) is 36.5 Å². The minimum atomic E-state index is -0.589. The zero-order valence-corrected chi connectivity index (χ0v) is 12.7. The molecule has 0 saturated carbocycles. The smallest absolute Gasteiger partial charge is 0.218 e. The fourth-order valence-electron chi connectivity index (χ4n) is 2.95. The van der Waals surface area contributed by atoms with E-state index in [1.165, 1.54) is 6.33 Å². The van der Waals surface area contributed by atoms with E-state index >= 15 is 0 Å². The van der Waals surface area contributed by atoms with Crippen LogP contribution in [0.25, 0.3) is 0 Å². The summed E-state index contributed by atoms with van der Waals surface area (Å²) in [6, 6.07) is 5.71. The molecule has 1 saturated heterocycles. The van der Waals surface area contributed by atoms with E-state index in [2.05, 4.69) is 14.9 Å². The number of aliphatic hydroxyl groups excluding tert-OH is 1. The third kappa shape index (κ3) is 3.22. The average Bonchev–Trinajstić information content (AvgIpc) is 3.19. The van der Waals surface area contributed by atoms with Crippen molar-refractivity contribution in [3.8, 4) is 5.88 Å². The molecule has 0 unspecified atom stereocenters. The van der Waals surface area contributed by atoms with Crippen molar-refractivity contribution in [2.45, 2.75) is 38.3 Å². The molecule has 2 atom stereocenters. The van der Waals surface area contributed by atoms with Crippen LogP contribution >= 0.6 is 0 Å². The Hall–Kier alpha value is -2.08. The first-order valence-corrected chi connectivity index (χ1v) is 7.71. The summed E-state index contributed by atoms with van der Waals surface area (Å²) < 4.78 is 10.7. The lowest BCUT2D eigenvalue weighted by Crippen LogP contribution is -2.31. The van der Waals surface area contributed by atoms with Gasteiger partial charge in [-0.3, -0.25) is 0 Å². The van der Waals surface area contributed by atoms with Crippen molar-refractivity contribution in [1.82, 2.24) is 9.97 Å². The first kappa shape index (κ1) is 14.8. The van der Waals surface area contributed by atoms with E-state index in [-0.39, 0.29) is 6.04 Å². The van der Waals surface area contributed by atoms with E-state index in [4.69, 9.17) is 9.15 Å². The first-order chi connectivity index (χ1) is 10.8. The maximum Gasteiger partial charge on any atom is 0.218 e. The summed E-state index contributed by atoms with van der Waals surface area (Å²) in [5.74, 6) is 2.06. The van der Waals surface area contributed by atoms with Gasteiger partial charge >= 0.3 is 0 Å². The number of aliphatic hydroxyl groups is 1. The maximum absolute atomic E-state index is 10.3. The summed E-state index contributed by atoms with van der Waals surface area (Å²) >= 11 is 0. The van der Waals surface area contributed by atoms with Crippen LogP contribution in [0.1, 0.15) is 38.1 Å². The van der Waals surface area contributed by atoms with Crippen LogP contribution in [-0.2, 0) is 0 Å². The molecule has 2 aromatic rings. The molecule has 0 aliphatic carbocycles. The van der Waals surface area contributed by atoms with Gasteiger partial charge in [-0.2, -0.15) is 0 Å². The Morgan fingerprint density at radius 3 is 3.18 bits per heavy atom. The molecule has 0 spiro atoms. The van der Waals surface area contributed by atoms with Crippen LogP contribution in [0.4, 0.5) is 5.82 Å². The predicted octanol–water partition coefficient (Wildman–Crippen LogP) is 2.56. The Labute approximate surface area is 129 Å². The van der Waals surface area contributed by atoms with Gasteiger partial charge in [0.1, 0.15) is 24.0 Å². The second-order valence-corrected chi connectivity index (χ2v) is 5.40. The topological polar surface area (TPSA) is 71.6 Å². The molecule has 1 N–H and O–H groups in total. The summed E-state index contributed by atoms with van der Waals surface area (Å²) in [6.07, 6.45) is 5.27. The van der Waals surface area contributed by atoms with Crippen molar-refractivity contribution in [1.29, 1.82) is 0 Å². The summed E-state index contributed by atoms with van der Waals surface area (Å²) in [5.41, 5.74) is 0. The molecule has 0 amide bonds. The van der Waals surface area contributed by atoms with Crippen LogP contribution in [0.3, 0.4) is 0 Å². The molecule has 1 aliphatic heterocycles. The van der Waals surface area contributed by atoms with Crippen molar-refractivity contribution >= 4 is 5.82 Å². The molecular formula is C16H21N3O3. The minimum Gasteiger partial charge on any atom is -0.478 e. The molecule has 22 heavy (non-hydrogen) atoms. The molecule has 0 aromatic carbocycles. The van der Waals surface area contributed by atoms with E-state index in [1.807, 2.05) is 19.1 Å². The van der Waals surface area contributed by atoms with E-state index < -0.39 is 6.10 Å². The van der Waals surface area contributed by atoms with Crippen molar-refractivity contribution in [3.63, 3.8) is 0 Å². The van der Waals surface area contributed by atoms with Gasteiger partial charge in [0.25, 0.3) is 0 Å². The summed E-state index contributed by atoms with van der Waals surface area (Å²) in [4.78, 5) is 10.7. The van der Waals surface area contributed by atoms with Gasteiger partial charge in [0.15, 0.2) is 0 Å². The largest absolute Gasteiger partial charge is 0.478 e. The van der Waals surface area contributed by atoms with Gasteiger partial charge < -0.3 is 19.2 Å². The highest BCUT2D eigenvalue weighted by atomic mass is 16.5. The number of aromatic nitrogens is 2. The van der Waals surface area contributed by atoms with E-state index in [0.29, 0.717) is 24.7 Å². The lowest BCUT2D eigenvalue weighted by molar-refractivity contribution is 0.132. The molecule has 118 valence electrons. The first-order valence-electron chi connectivity index (χ1n) is 7.71. The van der Waals surface area contributed by atoms with Crippen LogP contribution in [0, 0.1) is 0 Å². The molecule has 3 rings (SSSR count). The highest BCUT2D eigenvalue weighted by Crippen LogP contribution is 2.31. The third-order valence-electron chi connectivity index (χ3n) is 3.96. The molecule has 1 fully saturated rings. The summed E-state index contributed by atoms with van der Waals surface area (Å²) in [5, 5.41) is 10.3. The molecule has 1 aliphatic rings. The SMILES string of the molecule is CCOc1cc(N2CCC[C@@H]2C[C@H](O)c2ccco2)ncn1. The fraction of sp³-hybridized carbons (Fsp3) is 0.500. The number of nitrogens with zero attached hydrogens (tertiary/aromatic N) is 3. The van der Waals surface area contributed by atoms with Gasteiger partial charge in [-0.15, -0.1) is 0 Å². The number of anilines is 1. The molecule has 0 radical (unpaired) electrons. The second-order valence-electron chi connectivity index (χ2n) is 5.40. The van der Waals surface area contributed by atoms with Gasteiger partial charge in [0.2, 0.25) is 5.88 Å². The normalized spacial score (nSPS) is 19.4. The molecule has 2 aromatic heterocycles. The molecule has 6 nitrogen and oxygen atoms in total. The predicted molar refractivity (Wildman–Crippen MR) is 81.9 cm³/mol. The number of furan rings is 1. The zero-order chi connectivity index (χ0) is 15.4. The zero-order valence-electron chi connectivity index (χ0n) is 12.7. The lowest BCUT2D eigenvalue weighted by atomic mass is 10.1. The minimum absolute atomic E-state index is 0.240. The average molecular weight is 303 g/mol. The standard InChI is InChI=1S/C16H21N3O3/c1-2-21-16-10-15(17-11-18-16)19-7-3-5-12(19)9-13(20)14-6-4-8-22-14/h4,6,8,10-13,20H,2-3,5,7,9H2,1H3/t12-,13+/m1/s1. The number of hydrogen-bond donors (Lipinski definition) is 1. The van der Waals surface area contributed by atoms with Gasteiger partial charge in [-0.1, -0.05) is 0 Å². The Balaban J connectivity index is 1.71. The fourth-order valence-corrected chi connectivity index (χ4v) is 2.95. The van der Waals surface area contributed by atoms with Crippen molar-refractivity contribution in [2.24, 2.45) is 0 Å². The Kier molecular flexibility index (Phi) is 4.58. The van der Waals surface area contributed by atoms with Crippen LogP contribution in [0.5, 0.6) is 5.88 Å². The van der Waals surface area contributed by atoms with E-state index in [9.17, 15) is 5.11 Å². The number of ether oxygens (including phenoxy) is 1. The van der Waals surface area contributed by atoms with Gasteiger partial charge in [0.05, 0.1) is 12.9 Å². The highest BCUT2D eigenvalue weighted by molar-refractivity contribution is 5.43. The molecule has 0 bridgehead atoms. The third-order valence-corrected chi connectivity index (χ3v) is 3.96. The van der Waals surface area contributed by atoms with E-state index in [0.717, 1.165) is 25.2 Å². The van der Waals surface area contributed by atoms with Crippen LogP contribution in [0.15, 0.2) is 35.2 Å². The van der Waals surface area contributed by atoms with Gasteiger partial charge in [-0.25, -0.2) is 9.97 Å². The number of rotatable bonds is 6. The van der Waals surface area contributed by atoms with Gasteiger partial charge in [0, 0.05) is 25.1 Å². The van der Waals surface area contributed by atoms with Crippen LogP contribution in [-0.4, -0.2) is 34.3 Å². The lowest BCUT2D eigenvalue weighted by Gasteiger charge is -2.27. The Morgan fingerprint density at radius 1 is 1.50 bits per heavy atom. The van der Waals surface area contributed by atoms with Crippen LogP contribution in [0.2, 0.25) is 0 Å². The van der Waals surface area contributed by atoms with Crippen molar-refractivity contribution < 1.29 is 14.3 Å². The number of hydrogen-bond acceptors (Lipinski definition) is 6. The molecule has 3 heterocycles. The molecular weight excluding hydrogens is 282 g/mol. The van der Waals surface area contributed by atoms with Gasteiger partial charge in [-0.05, 0) is 31.9 Å². The van der Waals surface area contributed by atoms with Crippen molar-refractivity contribution in [2.75, 3.05) is 18.1 Å². The quantitative estimate of drug-likeness (QED) is 0.884. The Morgan fingerprint density at radius 2 is 2.41 bits per heavy atom. The monoisotopic (exact) mass is 303 g/mol.